The number of carbonyl (C=O) groups excluding carboxylic acids is 2. The lowest BCUT2D eigenvalue weighted by molar-refractivity contribution is 0.0842. The predicted molar refractivity (Wildman–Crippen MR) is 124 cm³/mol. The predicted octanol–water partition coefficient (Wildman–Crippen LogP) is 2.44. The molecule has 0 spiro atoms. The fourth-order valence-corrected chi connectivity index (χ4v) is 3.72. The Morgan fingerprint density at radius 1 is 1.06 bits per heavy atom. The molecule has 0 saturated carbocycles. The third-order valence-corrected chi connectivity index (χ3v) is 5.44. The number of ether oxygens (including phenoxy) is 3. The van der Waals surface area contributed by atoms with Crippen LogP contribution in [0.5, 0.6) is 17.2 Å². The maximum absolute atomic E-state index is 13.0. The first-order valence-corrected chi connectivity index (χ1v) is 11.1. The molecule has 0 atom stereocenters. The van der Waals surface area contributed by atoms with Gasteiger partial charge in [0.15, 0.2) is 17.2 Å². The van der Waals surface area contributed by atoms with Gasteiger partial charge in [-0.25, -0.2) is 4.68 Å². The molecular formula is C24H26N4O6. The van der Waals surface area contributed by atoms with E-state index in [9.17, 15) is 14.4 Å². The van der Waals surface area contributed by atoms with E-state index in [1.165, 1.54) is 23.9 Å². The zero-order chi connectivity index (χ0) is 24.1. The summed E-state index contributed by atoms with van der Waals surface area (Å²) < 4.78 is 17.7. The van der Waals surface area contributed by atoms with Crippen LogP contribution in [-0.4, -0.2) is 41.9 Å². The second-order valence-electron chi connectivity index (χ2n) is 7.74. The van der Waals surface area contributed by atoms with Crippen molar-refractivity contribution in [2.24, 2.45) is 0 Å². The van der Waals surface area contributed by atoms with E-state index in [0.717, 1.165) is 19.3 Å². The Morgan fingerprint density at radius 2 is 1.79 bits per heavy atom. The summed E-state index contributed by atoms with van der Waals surface area (Å²) in [6.07, 6.45) is 2.70. The number of nitrogens with one attached hydrogen (secondary N) is 2. The number of carbonyl (C=O) groups is 2. The first kappa shape index (κ1) is 23.1. The van der Waals surface area contributed by atoms with Gasteiger partial charge in [0.2, 0.25) is 5.75 Å². The number of unbranched alkanes of at least 4 members (excludes halogenated alkanes) is 2. The van der Waals surface area contributed by atoms with Crippen LogP contribution in [0.25, 0.3) is 10.8 Å². The number of hydrazine groups is 1. The molecule has 2 N–H and O–H groups in total. The van der Waals surface area contributed by atoms with Gasteiger partial charge in [-0.2, -0.15) is 5.10 Å². The topological polar surface area (TPSA) is 121 Å². The summed E-state index contributed by atoms with van der Waals surface area (Å²) in [6.45, 7) is 3.20. The van der Waals surface area contributed by atoms with Gasteiger partial charge < -0.3 is 14.2 Å². The minimum Gasteiger partial charge on any atom is -0.493 e. The fourth-order valence-electron chi connectivity index (χ4n) is 3.72. The van der Waals surface area contributed by atoms with Gasteiger partial charge in [0, 0.05) is 17.5 Å². The SMILES string of the molecule is CCCCCn1nc(C(=O)NNC(=O)c2cc(OC)c3c(c2)OCCO3)c2ccccc2c1=O. The van der Waals surface area contributed by atoms with Crippen LogP contribution in [-0.2, 0) is 6.54 Å². The van der Waals surface area contributed by atoms with Crippen LogP contribution < -0.4 is 30.6 Å². The Balaban J connectivity index is 1.56. The first-order valence-electron chi connectivity index (χ1n) is 11.1. The van der Waals surface area contributed by atoms with E-state index in [1.807, 2.05) is 0 Å². The second kappa shape index (κ2) is 10.2. The number of hydrogen-bond acceptors (Lipinski definition) is 7. The molecule has 4 rings (SSSR count). The average molecular weight is 466 g/mol. The number of amides is 2. The van der Waals surface area contributed by atoms with E-state index < -0.39 is 11.8 Å². The summed E-state index contributed by atoms with van der Waals surface area (Å²) >= 11 is 0. The van der Waals surface area contributed by atoms with Gasteiger partial charge in [0.05, 0.1) is 12.5 Å². The first-order chi connectivity index (χ1) is 16.5. The highest BCUT2D eigenvalue weighted by Crippen LogP contribution is 2.40. The smallest absolute Gasteiger partial charge is 0.290 e. The van der Waals surface area contributed by atoms with E-state index in [-0.39, 0.29) is 16.8 Å². The highest BCUT2D eigenvalue weighted by molar-refractivity contribution is 6.06. The molecule has 0 bridgehead atoms. The lowest BCUT2D eigenvalue weighted by Gasteiger charge is -2.21. The fraction of sp³-hybridized carbons (Fsp3) is 0.333. The average Bonchev–Trinajstić information content (AvgIpc) is 2.87. The highest BCUT2D eigenvalue weighted by atomic mass is 16.6. The third kappa shape index (κ3) is 4.66. The molecule has 1 aromatic heterocycles. The Morgan fingerprint density at radius 3 is 2.56 bits per heavy atom. The van der Waals surface area contributed by atoms with Crippen molar-refractivity contribution in [1.29, 1.82) is 0 Å². The lowest BCUT2D eigenvalue weighted by atomic mass is 10.1. The van der Waals surface area contributed by atoms with E-state index in [2.05, 4.69) is 22.9 Å². The molecule has 2 heterocycles. The van der Waals surface area contributed by atoms with Gasteiger partial charge >= 0.3 is 0 Å². The summed E-state index contributed by atoms with van der Waals surface area (Å²) in [5, 5.41) is 5.09. The minimum atomic E-state index is -0.640. The summed E-state index contributed by atoms with van der Waals surface area (Å²) in [6, 6.07) is 9.78. The molecule has 1 aliphatic heterocycles. The van der Waals surface area contributed by atoms with Crippen molar-refractivity contribution in [1.82, 2.24) is 20.6 Å². The summed E-state index contributed by atoms with van der Waals surface area (Å²) in [7, 11) is 1.46. The number of benzene rings is 2. The molecule has 10 nitrogen and oxygen atoms in total. The zero-order valence-corrected chi connectivity index (χ0v) is 19.1. The Bertz CT molecular complexity index is 1270. The number of rotatable bonds is 7. The molecule has 2 amide bonds. The van der Waals surface area contributed by atoms with Crippen LogP contribution in [0.2, 0.25) is 0 Å². The van der Waals surface area contributed by atoms with Crippen LogP contribution in [0.4, 0.5) is 0 Å². The van der Waals surface area contributed by atoms with E-state index in [0.29, 0.717) is 47.8 Å². The van der Waals surface area contributed by atoms with Crippen molar-refractivity contribution in [2.45, 2.75) is 32.7 Å². The van der Waals surface area contributed by atoms with Gasteiger partial charge in [-0.15, -0.1) is 0 Å². The monoisotopic (exact) mass is 466 g/mol. The van der Waals surface area contributed by atoms with Crippen molar-refractivity contribution in [3.8, 4) is 17.2 Å². The standard InChI is InChI=1S/C24H26N4O6/c1-3-4-7-10-28-24(31)17-9-6-5-8-16(17)20(27-28)23(30)26-25-22(29)15-13-18(32-2)21-19(14-15)33-11-12-34-21/h5-6,8-9,13-14H,3-4,7,10-12H2,1-2H3,(H,25,29)(H,26,30). The number of nitrogens with zero attached hydrogens (tertiary/aromatic N) is 2. The van der Waals surface area contributed by atoms with E-state index >= 15 is 0 Å². The highest BCUT2D eigenvalue weighted by Gasteiger charge is 2.22. The zero-order valence-electron chi connectivity index (χ0n) is 19.1. The molecular weight excluding hydrogens is 440 g/mol. The molecule has 3 aromatic rings. The normalized spacial score (nSPS) is 12.3. The van der Waals surface area contributed by atoms with Crippen molar-refractivity contribution >= 4 is 22.6 Å². The molecule has 0 aliphatic carbocycles. The van der Waals surface area contributed by atoms with Crippen molar-refractivity contribution < 1.29 is 23.8 Å². The maximum atomic E-state index is 13.0. The van der Waals surface area contributed by atoms with Crippen molar-refractivity contribution in [2.75, 3.05) is 20.3 Å². The summed E-state index contributed by atoms with van der Waals surface area (Å²) in [5.74, 6) is -0.0628. The Hall–Kier alpha value is -4.08. The largest absolute Gasteiger partial charge is 0.493 e. The summed E-state index contributed by atoms with van der Waals surface area (Å²) in [5.41, 5.74) is 4.79. The molecule has 0 fully saturated rings. The van der Waals surface area contributed by atoms with Crippen molar-refractivity contribution in [3.05, 3.63) is 58.0 Å². The molecule has 1 aliphatic rings. The van der Waals surface area contributed by atoms with Crippen LogP contribution in [0, 0.1) is 0 Å². The third-order valence-electron chi connectivity index (χ3n) is 5.44. The van der Waals surface area contributed by atoms with Crippen LogP contribution in [0.1, 0.15) is 47.0 Å². The maximum Gasteiger partial charge on any atom is 0.290 e. The number of methoxy groups -OCH3 is 1. The van der Waals surface area contributed by atoms with Crippen LogP contribution in [0.3, 0.4) is 0 Å². The molecule has 34 heavy (non-hydrogen) atoms. The van der Waals surface area contributed by atoms with E-state index in [4.69, 9.17) is 14.2 Å². The molecule has 0 saturated heterocycles. The van der Waals surface area contributed by atoms with Gasteiger partial charge in [0.1, 0.15) is 13.2 Å². The van der Waals surface area contributed by atoms with Crippen molar-refractivity contribution in [3.63, 3.8) is 0 Å². The Labute approximate surface area is 195 Å². The lowest BCUT2D eigenvalue weighted by Crippen LogP contribution is -2.42. The van der Waals surface area contributed by atoms with Gasteiger partial charge in [-0.3, -0.25) is 25.2 Å². The van der Waals surface area contributed by atoms with E-state index in [1.54, 1.807) is 24.3 Å². The molecule has 0 radical (unpaired) electrons. The number of aromatic nitrogens is 2. The summed E-state index contributed by atoms with van der Waals surface area (Å²) in [4.78, 5) is 38.5. The van der Waals surface area contributed by atoms with Gasteiger partial charge in [0.25, 0.3) is 17.4 Å². The second-order valence-corrected chi connectivity index (χ2v) is 7.74. The molecule has 178 valence electrons. The van der Waals surface area contributed by atoms with Crippen LogP contribution in [0.15, 0.2) is 41.2 Å². The number of hydrogen-bond donors (Lipinski definition) is 2. The Kier molecular flexibility index (Phi) is 6.95. The van der Waals surface area contributed by atoms with Gasteiger partial charge in [-0.1, -0.05) is 38.0 Å². The number of aryl methyl sites for hydroxylation is 1. The molecule has 0 unspecified atom stereocenters. The number of fused-ring (bicyclic) bond motifs is 2. The molecule has 2 aromatic carbocycles. The molecule has 10 heteroatoms. The quantitative estimate of drug-likeness (QED) is 0.405. The van der Waals surface area contributed by atoms with Gasteiger partial charge in [-0.05, 0) is 24.6 Å². The minimum absolute atomic E-state index is 0.0479. The van der Waals surface area contributed by atoms with Crippen LogP contribution >= 0.6 is 0 Å².